The van der Waals surface area contributed by atoms with Crippen molar-refractivity contribution in [1.82, 2.24) is 9.21 Å². The molecular weight excluding hydrogens is 367 g/mol. The molecule has 1 fully saturated rings. The molecule has 0 saturated carbocycles. The van der Waals surface area contributed by atoms with E-state index in [1.54, 1.807) is 47.4 Å². The van der Waals surface area contributed by atoms with E-state index in [1.807, 2.05) is 6.92 Å². The van der Waals surface area contributed by atoms with Gasteiger partial charge in [-0.05, 0) is 36.2 Å². The molecule has 0 N–H and O–H groups in total. The van der Waals surface area contributed by atoms with E-state index in [2.05, 4.69) is 0 Å². The Morgan fingerprint density at radius 1 is 1.04 bits per heavy atom. The van der Waals surface area contributed by atoms with Gasteiger partial charge in [-0.1, -0.05) is 37.3 Å². The van der Waals surface area contributed by atoms with Crippen molar-refractivity contribution >= 4 is 15.9 Å². The van der Waals surface area contributed by atoms with Crippen molar-refractivity contribution in [2.75, 3.05) is 26.2 Å². The lowest BCUT2D eigenvalue weighted by atomic mass is 9.99. The Hall–Kier alpha value is -2.25. The highest BCUT2D eigenvalue weighted by Crippen LogP contribution is 2.19. The third-order valence-corrected chi connectivity index (χ3v) is 6.70. The predicted molar refractivity (Wildman–Crippen MR) is 101 cm³/mol. The van der Waals surface area contributed by atoms with Crippen molar-refractivity contribution in [3.05, 3.63) is 66.0 Å². The summed E-state index contributed by atoms with van der Waals surface area (Å²) in [5, 5.41) is 0. The fourth-order valence-electron chi connectivity index (χ4n) is 3.31. The number of hydrogen-bond donors (Lipinski definition) is 0. The minimum Gasteiger partial charge on any atom is -0.340 e. The number of halogens is 1. The Morgan fingerprint density at radius 2 is 1.70 bits per heavy atom. The van der Waals surface area contributed by atoms with Crippen LogP contribution in [0, 0.1) is 11.7 Å². The summed E-state index contributed by atoms with van der Waals surface area (Å²) < 4.78 is 40.0. The van der Waals surface area contributed by atoms with Gasteiger partial charge in [0.15, 0.2) is 0 Å². The van der Waals surface area contributed by atoms with Crippen molar-refractivity contribution in [2.45, 2.75) is 18.2 Å². The molecule has 1 aliphatic heterocycles. The van der Waals surface area contributed by atoms with Crippen LogP contribution in [-0.4, -0.2) is 49.7 Å². The largest absolute Gasteiger partial charge is 0.340 e. The fourth-order valence-corrected chi connectivity index (χ4v) is 4.75. The number of carbonyl (C=O) groups is 1. The van der Waals surface area contributed by atoms with E-state index in [0.29, 0.717) is 19.5 Å². The molecule has 144 valence electrons. The Bertz CT molecular complexity index is 894. The average molecular weight is 390 g/mol. The minimum absolute atomic E-state index is 0.0315. The average Bonchev–Trinajstić information content (AvgIpc) is 2.68. The van der Waals surface area contributed by atoms with Crippen LogP contribution in [0.4, 0.5) is 4.39 Å². The number of amides is 1. The fraction of sp³-hybridized carbons (Fsp3) is 0.350. The topological polar surface area (TPSA) is 57.7 Å². The van der Waals surface area contributed by atoms with Crippen LogP contribution in [0.3, 0.4) is 0 Å². The van der Waals surface area contributed by atoms with E-state index in [9.17, 15) is 17.6 Å². The summed E-state index contributed by atoms with van der Waals surface area (Å²) in [7, 11) is -3.53. The van der Waals surface area contributed by atoms with Crippen molar-refractivity contribution in [1.29, 1.82) is 0 Å². The standard InChI is InChI=1S/C20H23FN2O3S/c1-16(14-17-6-5-7-18(21)15-17)20(24)22-10-12-23(13-11-22)27(25,26)19-8-3-2-4-9-19/h2-9,15-16H,10-14H2,1H3. The molecule has 0 aromatic heterocycles. The molecule has 1 saturated heterocycles. The highest BCUT2D eigenvalue weighted by Gasteiger charge is 2.31. The summed E-state index contributed by atoms with van der Waals surface area (Å²) in [6.45, 7) is 3.09. The van der Waals surface area contributed by atoms with Gasteiger partial charge < -0.3 is 4.90 Å². The summed E-state index contributed by atoms with van der Waals surface area (Å²) in [6, 6.07) is 14.6. The van der Waals surface area contributed by atoms with Crippen LogP contribution in [0.15, 0.2) is 59.5 Å². The lowest BCUT2D eigenvalue weighted by molar-refractivity contribution is -0.136. The second-order valence-corrected chi connectivity index (χ2v) is 8.72. The summed E-state index contributed by atoms with van der Waals surface area (Å²) in [4.78, 5) is 14.6. The third kappa shape index (κ3) is 4.54. The monoisotopic (exact) mass is 390 g/mol. The van der Waals surface area contributed by atoms with Crippen LogP contribution in [0.25, 0.3) is 0 Å². The molecule has 3 rings (SSSR count). The first-order valence-corrected chi connectivity index (χ1v) is 10.4. The predicted octanol–water partition coefficient (Wildman–Crippen LogP) is 2.54. The van der Waals surface area contributed by atoms with E-state index in [1.165, 1.54) is 16.4 Å². The SMILES string of the molecule is CC(Cc1cccc(F)c1)C(=O)N1CCN(S(=O)(=O)c2ccccc2)CC1. The van der Waals surface area contributed by atoms with Gasteiger partial charge in [-0.25, -0.2) is 12.8 Å². The molecular formula is C20H23FN2O3S. The molecule has 0 bridgehead atoms. The summed E-state index contributed by atoms with van der Waals surface area (Å²) in [5.74, 6) is -0.632. The molecule has 1 heterocycles. The molecule has 0 radical (unpaired) electrons. The first-order chi connectivity index (χ1) is 12.9. The summed E-state index contributed by atoms with van der Waals surface area (Å²) in [6.07, 6.45) is 0.457. The van der Waals surface area contributed by atoms with Gasteiger partial charge in [0, 0.05) is 32.1 Å². The maximum Gasteiger partial charge on any atom is 0.243 e. The van der Waals surface area contributed by atoms with Crippen molar-refractivity contribution in [3.63, 3.8) is 0 Å². The molecule has 2 aromatic rings. The molecule has 7 heteroatoms. The van der Waals surface area contributed by atoms with Crippen LogP contribution < -0.4 is 0 Å². The van der Waals surface area contributed by atoms with Crippen molar-refractivity contribution in [3.8, 4) is 0 Å². The van der Waals surface area contributed by atoms with Crippen molar-refractivity contribution < 1.29 is 17.6 Å². The Kier molecular flexibility index (Phi) is 5.92. The van der Waals surface area contributed by atoms with Gasteiger partial charge in [0.25, 0.3) is 0 Å². The zero-order valence-corrected chi connectivity index (χ0v) is 16.0. The number of benzene rings is 2. The van der Waals surface area contributed by atoms with Gasteiger partial charge in [-0.2, -0.15) is 4.31 Å². The Labute approximate surface area is 159 Å². The third-order valence-electron chi connectivity index (χ3n) is 4.78. The van der Waals surface area contributed by atoms with E-state index in [4.69, 9.17) is 0 Å². The van der Waals surface area contributed by atoms with Crippen LogP contribution in [0.2, 0.25) is 0 Å². The zero-order chi connectivity index (χ0) is 19.4. The van der Waals surface area contributed by atoms with Crippen LogP contribution in [-0.2, 0) is 21.2 Å². The number of sulfonamides is 1. The summed E-state index contributed by atoms with van der Waals surface area (Å²) in [5.41, 5.74) is 0.779. The first-order valence-electron chi connectivity index (χ1n) is 8.96. The van der Waals surface area contributed by atoms with E-state index in [0.717, 1.165) is 5.56 Å². The smallest absolute Gasteiger partial charge is 0.243 e. The van der Waals surface area contributed by atoms with E-state index in [-0.39, 0.29) is 35.6 Å². The van der Waals surface area contributed by atoms with Gasteiger partial charge in [-0.3, -0.25) is 4.79 Å². The zero-order valence-electron chi connectivity index (χ0n) is 15.2. The number of piperazine rings is 1. The second kappa shape index (κ2) is 8.19. The molecule has 1 atom stereocenters. The molecule has 0 aliphatic carbocycles. The number of nitrogens with zero attached hydrogens (tertiary/aromatic N) is 2. The maximum absolute atomic E-state index is 13.3. The van der Waals surface area contributed by atoms with E-state index < -0.39 is 10.0 Å². The van der Waals surface area contributed by atoms with Gasteiger partial charge in [0.1, 0.15) is 5.82 Å². The summed E-state index contributed by atoms with van der Waals surface area (Å²) >= 11 is 0. The van der Waals surface area contributed by atoms with E-state index >= 15 is 0 Å². The highest BCUT2D eigenvalue weighted by molar-refractivity contribution is 7.89. The van der Waals surface area contributed by atoms with Crippen molar-refractivity contribution in [2.24, 2.45) is 5.92 Å². The van der Waals surface area contributed by atoms with Crippen LogP contribution >= 0.6 is 0 Å². The number of carbonyl (C=O) groups excluding carboxylic acids is 1. The molecule has 2 aromatic carbocycles. The number of rotatable bonds is 5. The molecule has 27 heavy (non-hydrogen) atoms. The lowest BCUT2D eigenvalue weighted by Gasteiger charge is -2.35. The second-order valence-electron chi connectivity index (χ2n) is 6.78. The highest BCUT2D eigenvalue weighted by atomic mass is 32.2. The van der Waals surface area contributed by atoms with Crippen LogP contribution in [0.1, 0.15) is 12.5 Å². The van der Waals surface area contributed by atoms with Gasteiger partial charge >= 0.3 is 0 Å². The normalized spacial score (nSPS) is 16.9. The quantitative estimate of drug-likeness (QED) is 0.788. The molecule has 1 aliphatic rings. The number of hydrogen-bond acceptors (Lipinski definition) is 3. The molecule has 5 nitrogen and oxygen atoms in total. The minimum atomic E-state index is -3.53. The van der Waals surface area contributed by atoms with Crippen LogP contribution in [0.5, 0.6) is 0 Å². The van der Waals surface area contributed by atoms with Gasteiger partial charge in [-0.15, -0.1) is 0 Å². The molecule has 1 unspecified atom stereocenters. The molecule has 0 spiro atoms. The van der Waals surface area contributed by atoms with Gasteiger partial charge in [0.2, 0.25) is 15.9 Å². The first kappa shape index (κ1) is 19.5. The molecule has 1 amide bonds. The Morgan fingerprint density at radius 3 is 2.33 bits per heavy atom. The Balaban J connectivity index is 1.59. The lowest BCUT2D eigenvalue weighted by Crippen LogP contribution is -2.51. The maximum atomic E-state index is 13.3. The van der Waals surface area contributed by atoms with Gasteiger partial charge in [0.05, 0.1) is 4.90 Å².